The van der Waals surface area contributed by atoms with Crippen molar-refractivity contribution in [1.82, 2.24) is 10.2 Å². The Kier molecular flexibility index (Phi) is 5.55. The molecule has 4 atom stereocenters. The third-order valence-corrected chi connectivity index (χ3v) is 5.27. The Morgan fingerprint density at radius 3 is 2.52 bits per heavy atom. The van der Waals surface area contributed by atoms with Crippen molar-refractivity contribution in [3.05, 3.63) is 0 Å². The molecule has 0 radical (unpaired) electrons. The lowest BCUT2D eigenvalue weighted by molar-refractivity contribution is -0.308. The van der Waals surface area contributed by atoms with Crippen molar-refractivity contribution in [1.29, 1.82) is 0 Å². The highest BCUT2D eigenvalue weighted by Crippen LogP contribution is 2.36. The van der Waals surface area contributed by atoms with Gasteiger partial charge in [0.05, 0.1) is 17.5 Å². The highest BCUT2D eigenvalue weighted by Gasteiger charge is 2.48. The van der Waals surface area contributed by atoms with Crippen LogP contribution in [0, 0.1) is 0 Å². The number of nitrogens with one attached hydrogen (secondary N) is 1. The van der Waals surface area contributed by atoms with Gasteiger partial charge in [-0.3, -0.25) is 4.90 Å². The summed E-state index contributed by atoms with van der Waals surface area (Å²) in [6, 6.07) is -0.254. The number of amides is 1. The molecule has 0 aliphatic carbocycles. The van der Waals surface area contributed by atoms with Crippen LogP contribution in [-0.4, -0.2) is 65.4 Å². The standard InChI is InChI=1S/C16H30N2O4S/c1-10-11(17-14(19)22-15(2,3)4)12(21-16(5,6)20-10)13-18(7)8-9-23-13/h10-13H,8-9H2,1-7H3,(H,17,19)/t10-,11-,12-,13?/m1/s1. The second-order valence-electron chi connectivity index (χ2n) is 7.72. The Balaban J connectivity index is 2.14. The summed E-state index contributed by atoms with van der Waals surface area (Å²) in [5, 5.41) is 3.15. The molecule has 0 spiro atoms. The van der Waals surface area contributed by atoms with Crippen molar-refractivity contribution in [2.75, 3.05) is 19.3 Å². The second kappa shape index (κ2) is 6.78. The number of hydrogen-bond acceptors (Lipinski definition) is 6. The lowest BCUT2D eigenvalue weighted by Crippen LogP contribution is -2.64. The van der Waals surface area contributed by atoms with Gasteiger partial charge in [0, 0.05) is 12.3 Å². The lowest BCUT2D eigenvalue weighted by atomic mass is 10.0. The number of nitrogens with zero attached hydrogens (tertiary/aromatic N) is 1. The molecule has 6 nitrogen and oxygen atoms in total. The summed E-state index contributed by atoms with van der Waals surface area (Å²) in [5.41, 5.74) is -0.530. The zero-order chi connectivity index (χ0) is 17.4. The first-order chi connectivity index (χ1) is 10.5. The summed E-state index contributed by atoms with van der Waals surface area (Å²) in [4.78, 5) is 14.5. The van der Waals surface area contributed by atoms with E-state index in [0.29, 0.717) is 0 Å². The fraction of sp³-hybridized carbons (Fsp3) is 0.938. The summed E-state index contributed by atoms with van der Waals surface area (Å²) in [6.07, 6.45) is -0.749. The summed E-state index contributed by atoms with van der Waals surface area (Å²) in [7, 11) is 2.09. The number of alkyl carbamates (subject to hydrolysis) is 1. The van der Waals surface area contributed by atoms with Crippen LogP contribution in [0.15, 0.2) is 0 Å². The van der Waals surface area contributed by atoms with Crippen molar-refractivity contribution in [3.63, 3.8) is 0 Å². The Bertz CT molecular complexity index is 438. The Labute approximate surface area is 143 Å². The number of carbonyl (C=O) groups is 1. The van der Waals surface area contributed by atoms with Gasteiger partial charge >= 0.3 is 6.09 Å². The van der Waals surface area contributed by atoms with Crippen molar-refractivity contribution in [2.24, 2.45) is 0 Å². The van der Waals surface area contributed by atoms with Gasteiger partial charge in [0.2, 0.25) is 0 Å². The smallest absolute Gasteiger partial charge is 0.408 e. The number of thioether (sulfide) groups is 1. The van der Waals surface area contributed by atoms with E-state index in [1.54, 1.807) is 0 Å². The summed E-state index contributed by atoms with van der Waals surface area (Å²) in [6.45, 7) is 12.4. The van der Waals surface area contributed by atoms with E-state index >= 15 is 0 Å². The minimum absolute atomic E-state index is 0.154. The monoisotopic (exact) mass is 346 g/mol. The van der Waals surface area contributed by atoms with E-state index in [2.05, 4.69) is 17.3 Å². The number of carbonyl (C=O) groups excluding carboxylic acids is 1. The van der Waals surface area contributed by atoms with E-state index in [4.69, 9.17) is 14.2 Å². The van der Waals surface area contributed by atoms with Crippen LogP contribution in [0.5, 0.6) is 0 Å². The maximum atomic E-state index is 12.2. The van der Waals surface area contributed by atoms with Crippen molar-refractivity contribution >= 4 is 17.9 Å². The fourth-order valence-electron chi connectivity index (χ4n) is 3.01. The van der Waals surface area contributed by atoms with Crippen molar-refractivity contribution < 1.29 is 19.0 Å². The molecular formula is C16H30N2O4S. The number of hydrogen-bond donors (Lipinski definition) is 1. The van der Waals surface area contributed by atoms with Gasteiger partial charge < -0.3 is 19.5 Å². The van der Waals surface area contributed by atoms with Crippen LogP contribution in [-0.2, 0) is 14.2 Å². The molecule has 23 heavy (non-hydrogen) atoms. The third-order valence-electron chi connectivity index (χ3n) is 3.88. The number of likely N-dealkylation sites (N-methyl/N-ethyl adjacent to an activating group) is 1. The van der Waals surface area contributed by atoms with Gasteiger partial charge in [-0.15, -0.1) is 11.8 Å². The van der Waals surface area contributed by atoms with Crippen LogP contribution in [0.3, 0.4) is 0 Å². The van der Waals surface area contributed by atoms with Crippen LogP contribution < -0.4 is 5.32 Å². The van der Waals surface area contributed by atoms with Gasteiger partial charge in [0.1, 0.15) is 11.7 Å². The molecular weight excluding hydrogens is 316 g/mol. The van der Waals surface area contributed by atoms with Crippen molar-refractivity contribution in [3.8, 4) is 0 Å². The zero-order valence-corrected chi connectivity index (χ0v) is 16.0. The predicted octanol–water partition coefficient (Wildman–Crippen LogP) is 2.42. The first-order valence-electron chi connectivity index (χ1n) is 8.15. The molecule has 0 saturated carbocycles. The number of ether oxygens (including phenoxy) is 3. The molecule has 2 fully saturated rings. The highest BCUT2D eigenvalue weighted by molar-refractivity contribution is 8.00. The Hall–Kier alpha value is -0.500. The minimum Gasteiger partial charge on any atom is -0.444 e. The minimum atomic E-state index is -0.666. The molecule has 2 rings (SSSR count). The maximum Gasteiger partial charge on any atom is 0.408 e. The summed E-state index contributed by atoms with van der Waals surface area (Å²) in [5.74, 6) is 0.399. The third kappa shape index (κ3) is 4.98. The normalized spacial score (nSPS) is 35.1. The SMILES string of the molecule is C[C@H]1OC(C)(C)O[C@@H](C2SCCN2C)[C@@H]1NC(=O)OC(C)(C)C. The van der Waals surface area contributed by atoms with Gasteiger partial charge in [-0.25, -0.2) is 4.79 Å². The van der Waals surface area contributed by atoms with E-state index in [1.807, 2.05) is 53.3 Å². The molecule has 2 saturated heterocycles. The van der Waals surface area contributed by atoms with E-state index in [0.717, 1.165) is 12.3 Å². The molecule has 1 amide bonds. The fourth-order valence-corrected chi connectivity index (χ4v) is 4.42. The van der Waals surface area contributed by atoms with Gasteiger partial charge in [-0.1, -0.05) is 0 Å². The van der Waals surface area contributed by atoms with Crippen LogP contribution >= 0.6 is 11.8 Å². The van der Waals surface area contributed by atoms with Gasteiger partial charge in [-0.2, -0.15) is 0 Å². The van der Waals surface area contributed by atoms with Crippen LogP contribution in [0.2, 0.25) is 0 Å². The molecule has 2 heterocycles. The predicted molar refractivity (Wildman–Crippen MR) is 91.5 cm³/mol. The van der Waals surface area contributed by atoms with E-state index < -0.39 is 17.5 Å². The molecule has 1 unspecified atom stereocenters. The number of rotatable bonds is 2. The molecule has 7 heteroatoms. The lowest BCUT2D eigenvalue weighted by Gasteiger charge is -2.47. The first kappa shape index (κ1) is 18.8. The van der Waals surface area contributed by atoms with Crippen molar-refractivity contribution in [2.45, 2.75) is 76.6 Å². The largest absolute Gasteiger partial charge is 0.444 e. The average Bonchev–Trinajstić information content (AvgIpc) is 2.75. The molecule has 0 aromatic rings. The zero-order valence-electron chi connectivity index (χ0n) is 15.2. The summed E-state index contributed by atoms with van der Waals surface area (Å²) >= 11 is 1.86. The Morgan fingerprint density at radius 1 is 1.35 bits per heavy atom. The molecule has 1 N–H and O–H groups in total. The average molecular weight is 346 g/mol. The van der Waals surface area contributed by atoms with Gasteiger partial charge in [-0.05, 0) is 48.6 Å². The molecule has 2 aliphatic heterocycles. The van der Waals surface area contributed by atoms with Crippen LogP contribution in [0.4, 0.5) is 4.79 Å². The Morgan fingerprint density at radius 2 is 2.00 bits per heavy atom. The van der Waals surface area contributed by atoms with E-state index in [9.17, 15) is 4.79 Å². The summed E-state index contributed by atoms with van der Waals surface area (Å²) < 4.78 is 17.5. The van der Waals surface area contributed by atoms with Crippen LogP contribution in [0.1, 0.15) is 41.5 Å². The topological polar surface area (TPSA) is 60.0 Å². The van der Waals surface area contributed by atoms with Gasteiger partial charge in [0.15, 0.2) is 5.79 Å². The van der Waals surface area contributed by atoms with E-state index in [1.165, 1.54) is 0 Å². The maximum absolute atomic E-state index is 12.2. The van der Waals surface area contributed by atoms with Crippen LogP contribution in [0.25, 0.3) is 0 Å². The van der Waals surface area contributed by atoms with E-state index in [-0.39, 0.29) is 23.6 Å². The molecule has 134 valence electrons. The molecule has 2 aliphatic rings. The first-order valence-corrected chi connectivity index (χ1v) is 9.20. The highest BCUT2D eigenvalue weighted by atomic mass is 32.2. The molecule has 0 bridgehead atoms. The second-order valence-corrected chi connectivity index (χ2v) is 8.94. The quantitative estimate of drug-likeness (QED) is 0.829. The van der Waals surface area contributed by atoms with Gasteiger partial charge in [0.25, 0.3) is 0 Å². The molecule has 0 aromatic heterocycles. The molecule has 0 aromatic carbocycles.